The van der Waals surface area contributed by atoms with Crippen LogP contribution in [0.3, 0.4) is 0 Å². The summed E-state index contributed by atoms with van der Waals surface area (Å²) >= 11 is 1.37. The normalized spacial score (nSPS) is 12.4. The van der Waals surface area contributed by atoms with E-state index >= 15 is 0 Å². The Morgan fingerprint density at radius 2 is 2.04 bits per heavy atom. The summed E-state index contributed by atoms with van der Waals surface area (Å²) in [5.74, 6) is -0.151. The van der Waals surface area contributed by atoms with E-state index in [4.69, 9.17) is 9.47 Å². The molecule has 28 heavy (non-hydrogen) atoms. The molecule has 2 aromatic rings. The van der Waals surface area contributed by atoms with Crippen molar-refractivity contribution in [3.05, 3.63) is 36.0 Å². The Morgan fingerprint density at radius 3 is 2.68 bits per heavy atom. The van der Waals surface area contributed by atoms with Crippen molar-refractivity contribution in [3.63, 3.8) is 0 Å². The second-order valence-electron chi connectivity index (χ2n) is 6.77. The molecule has 1 aromatic carbocycles. The van der Waals surface area contributed by atoms with Crippen LogP contribution < -0.4 is 10.6 Å². The fourth-order valence-electron chi connectivity index (χ4n) is 2.25. The van der Waals surface area contributed by atoms with Crippen molar-refractivity contribution in [3.8, 4) is 0 Å². The van der Waals surface area contributed by atoms with Gasteiger partial charge in [0.1, 0.15) is 11.4 Å². The molecule has 0 spiro atoms. The van der Waals surface area contributed by atoms with Gasteiger partial charge in [-0.3, -0.25) is 0 Å². The summed E-state index contributed by atoms with van der Waals surface area (Å²) in [5, 5.41) is 16.5. The van der Waals surface area contributed by atoms with Crippen LogP contribution in [0.15, 0.2) is 35.6 Å². The maximum atomic E-state index is 12.2. The number of benzene rings is 1. The monoisotopic (exact) mass is 406 g/mol. The summed E-state index contributed by atoms with van der Waals surface area (Å²) in [5.41, 5.74) is 1.06. The number of carbonyl (C=O) groups excluding carboxylic acids is 1. The fraction of sp³-hybridized carbons (Fsp3) is 0.421. The third-order valence-electron chi connectivity index (χ3n) is 3.33. The molecule has 0 aliphatic heterocycles. The van der Waals surface area contributed by atoms with E-state index in [-0.39, 0.29) is 12.2 Å². The summed E-state index contributed by atoms with van der Waals surface area (Å²) < 4.78 is 10.5. The average Bonchev–Trinajstić information content (AvgIpc) is 2.60. The van der Waals surface area contributed by atoms with E-state index < -0.39 is 18.0 Å². The van der Waals surface area contributed by atoms with E-state index in [2.05, 4.69) is 20.6 Å². The second-order valence-corrected chi connectivity index (χ2v) is 7.55. The summed E-state index contributed by atoms with van der Waals surface area (Å²) in [6.45, 7) is 7.55. The van der Waals surface area contributed by atoms with Crippen LogP contribution in [0, 0.1) is 0 Å². The molecule has 3 N–H and O–H groups in total. The van der Waals surface area contributed by atoms with E-state index in [1.165, 1.54) is 18.0 Å². The number of carbonyl (C=O) groups is 1. The van der Waals surface area contributed by atoms with Gasteiger partial charge in [-0.15, -0.1) is 0 Å². The summed E-state index contributed by atoms with van der Waals surface area (Å²) in [7, 11) is 0. The van der Waals surface area contributed by atoms with Crippen molar-refractivity contribution in [1.82, 2.24) is 9.97 Å². The minimum absolute atomic E-state index is 0.245. The van der Waals surface area contributed by atoms with Crippen molar-refractivity contribution < 1.29 is 19.4 Å². The quantitative estimate of drug-likeness (QED) is 0.262. The molecule has 0 radical (unpaired) electrons. The minimum Gasteiger partial charge on any atom is -0.462 e. The predicted octanol–water partition coefficient (Wildman–Crippen LogP) is 3.62. The summed E-state index contributed by atoms with van der Waals surface area (Å²) in [6, 6.07) is 7.18. The zero-order chi connectivity index (χ0) is 20.7. The van der Waals surface area contributed by atoms with Gasteiger partial charge in [0.25, 0.3) is 0 Å². The smallest absolute Gasteiger partial charge is 0.343 e. The first-order valence-electron chi connectivity index (χ1n) is 8.79. The van der Waals surface area contributed by atoms with Gasteiger partial charge in [-0.1, -0.05) is 17.8 Å². The van der Waals surface area contributed by atoms with Crippen LogP contribution in [0.4, 0.5) is 17.2 Å². The van der Waals surface area contributed by atoms with E-state index in [1.54, 1.807) is 25.1 Å². The number of rotatable bonds is 8. The van der Waals surface area contributed by atoms with Gasteiger partial charge in [0.15, 0.2) is 5.16 Å². The average molecular weight is 407 g/mol. The van der Waals surface area contributed by atoms with Gasteiger partial charge in [-0.25, -0.2) is 14.8 Å². The molecular weight excluding hydrogens is 380 g/mol. The van der Waals surface area contributed by atoms with Crippen molar-refractivity contribution in [2.75, 3.05) is 23.5 Å². The fourth-order valence-corrected chi connectivity index (χ4v) is 2.59. The number of ether oxygens (including phenoxy) is 2. The van der Waals surface area contributed by atoms with E-state index in [0.717, 1.165) is 0 Å². The van der Waals surface area contributed by atoms with Crippen LogP contribution in [0.25, 0.3) is 0 Å². The van der Waals surface area contributed by atoms with Crippen LogP contribution in [0.5, 0.6) is 0 Å². The van der Waals surface area contributed by atoms with Gasteiger partial charge in [-0.2, -0.15) is 0 Å². The number of thioether (sulfide) groups is 1. The first-order chi connectivity index (χ1) is 13.2. The maximum Gasteiger partial charge on any atom is 0.343 e. The molecule has 8 nitrogen and oxygen atoms in total. The Bertz CT molecular complexity index is 811. The van der Waals surface area contributed by atoms with Gasteiger partial charge >= 0.3 is 5.97 Å². The number of anilines is 3. The molecular formula is C19H26N4O4S. The highest BCUT2D eigenvalue weighted by Crippen LogP contribution is 2.24. The lowest BCUT2D eigenvalue weighted by Gasteiger charge is -2.25. The lowest BCUT2D eigenvalue weighted by atomic mass is 10.2. The highest BCUT2D eigenvalue weighted by atomic mass is 32.2. The number of hydrogen-bond acceptors (Lipinski definition) is 9. The van der Waals surface area contributed by atoms with Crippen LogP contribution in [0.2, 0.25) is 0 Å². The number of nitrogens with zero attached hydrogens (tertiary/aromatic N) is 2. The largest absolute Gasteiger partial charge is 0.462 e. The number of esters is 1. The molecule has 1 aromatic heterocycles. The number of aromatic nitrogens is 2. The molecule has 1 heterocycles. The molecule has 152 valence electrons. The Kier molecular flexibility index (Phi) is 7.61. The van der Waals surface area contributed by atoms with E-state index in [0.29, 0.717) is 22.3 Å². The molecule has 9 heteroatoms. The molecule has 0 fully saturated rings. The third kappa shape index (κ3) is 6.66. The van der Waals surface area contributed by atoms with Crippen molar-refractivity contribution in [1.29, 1.82) is 0 Å². The Labute approximate surface area is 169 Å². The molecule has 0 saturated heterocycles. The Morgan fingerprint density at radius 1 is 1.32 bits per heavy atom. The molecule has 1 atom stereocenters. The molecule has 0 aliphatic carbocycles. The van der Waals surface area contributed by atoms with Gasteiger partial charge < -0.3 is 25.2 Å². The SMILES string of the molecule is CCOC(=O)c1cnc(SC)nc1Nc1cccc(NC(O)OC(C)(C)C)c1. The molecule has 1 unspecified atom stereocenters. The Hall–Kier alpha value is -2.36. The van der Waals surface area contributed by atoms with Crippen molar-refractivity contribution in [2.24, 2.45) is 0 Å². The first kappa shape index (κ1) is 21.9. The molecule has 0 amide bonds. The van der Waals surface area contributed by atoms with Gasteiger partial charge in [0.2, 0.25) is 6.41 Å². The van der Waals surface area contributed by atoms with Gasteiger partial charge in [0, 0.05) is 17.6 Å². The van der Waals surface area contributed by atoms with Crippen LogP contribution in [-0.4, -0.2) is 45.9 Å². The third-order valence-corrected chi connectivity index (χ3v) is 3.89. The predicted molar refractivity (Wildman–Crippen MR) is 110 cm³/mol. The molecule has 0 bridgehead atoms. The van der Waals surface area contributed by atoms with Crippen LogP contribution in [-0.2, 0) is 9.47 Å². The highest BCUT2D eigenvalue weighted by molar-refractivity contribution is 7.98. The first-order valence-corrected chi connectivity index (χ1v) is 10.0. The second kappa shape index (κ2) is 9.72. The number of aliphatic hydroxyl groups is 1. The summed E-state index contributed by atoms with van der Waals surface area (Å²) in [6.07, 6.45) is 2.14. The summed E-state index contributed by atoms with van der Waals surface area (Å²) in [4.78, 5) is 20.7. The molecule has 0 aliphatic rings. The lowest BCUT2D eigenvalue weighted by Crippen LogP contribution is -2.32. The highest BCUT2D eigenvalue weighted by Gasteiger charge is 2.18. The van der Waals surface area contributed by atoms with Crippen LogP contribution in [0.1, 0.15) is 38.1 Å². The van der Waals surface area contributed by atoms with Crippen molar-refractivity contribution >= 4 is 34.9 Å². The van der Waals surface area contributed by atoms with Gasteiger partial charge in [0.05, 0.1) is 12.2 Å². The van der Waals surface area contributed by atoms with E-state index in [9.17, 15) is 9.90 Å². The van der Waals surface area contributed by atoms with Crippen molar-refractivity contribution in [2.45, 2.75) is 44.9 Å². The number of hydrogen-bond donors (Lipinski definition) is 3. The maximum absolute atomic E-state index is 12.2. The lowest BCUT2D eigenvalue weighted by molar-refractivity contribution is -0.148. The zero-order valence-electron chi connectivity index (χ0n) is 16.6. The topological polar surface area (TPSA) is 106 Å². The number of nitrogens with one attached hydrogen (secondary N) is 2. The molecule has 0 saturated carbocycles. The zero-order valence-corrected chi connectivity index (χ0v) is 17.5. The molecule has 2 rings (SSSR count). The van der Waals surface area contributed by atoms with E-state index in [1.807, 2.05) is 33.1 Å². The Balaban J connectivity index is 2.22. The standard InChI is InChI=1S/C19H26N4O4S/c1-6-26-16(24)14-11-20-17(28-5)23-15(14)21-12-8-7-9-13(10-12)22-18(25)27-19(2,3)4/h7-11,18,22,25H,6H2,1-5H3,(H,20,21,23). The van der Waals surface area contributed by atoms with Gasteiger partial charge in [-0.05, 0) is 52.1 Å². The van der Waals surface area contributed by atoms with Crippen LogP contribution >= 0.6 is 11.8 Å². The number of aliphatic hydroxyl groups excluding tert-OH is 1. The minimum atomic E-state index is -1.16.